The van der Waals surface area contributed by atoms with Gasteiger partial charge in [-0.05, 0) is 6.42 Å². The molecule has 3 N–H and O–H groups in total. The molecule has 0 fully saturated rings. The van der Waals surface area contributed by atoms with Gasteiger partial charge in [-0.3, -0.25) is 0 Å². The van der Waals surface area contributed by atoms with E-state index in [4.69, 9.17) is 14.9 Å². The lowest BCUT2D eigenvalue weighted by Crippen LogP contribution is -2.49. The SMILES string of the molecule is CC[C@H](NC(=O)N(CCO)CCOC)C(=O)O. The molecular weight excluding hydrogens is 228 g/mol. The van der Waals surface area contributed by atoms with E-state index in [1.807, 2.05) is 0 Å². The highest BCUT2D eigenvalue weighted by Gasteiger charge is 2.21. The van der Waals surface area contributed by atoms with Crippen LogP contribution in [0.15, 0.2) is 0 Å². The molecule has 0 aliphatic heterocycles. The van der Waals surface area contributed by atoms with Gasteiger partial charge < -0.3 is 25.2 Å². The summed E-state index contributed by atoms with van der Waals surface area (Å²) in [6.45, 7) is 2.27. The number of carboxylic acids is 1. The molecule has 0 aromatic heterocycles. The lowest BCUT2D eigenvalue weighted by Gasteiger charge is -2.23. The molecule has 0 rings (SSSR count). The molecule has 2 amide bonds. The molecule has 100 valence electrons. The molecule has 0 unspecified atom stereocenters. The van der Waals surface area contributed by atoms with Crippen molar-refractivity contribution in [2.24, 2.45) is 0 Å². The van der Waals surface area contributed by atoms with Crippen molar-refractivity contribution in [1.29, 1.82) is 0 Å². The summed E-state index contributed by atoms with van der Waals surface area (Å²) < 4.78 is 4.83. The number of carboxylic acid groups (broad SMARTS) is 1. The summed E-state index contributed by atoms with van der Waals surface area (Å²) in [6, 6.07) is -1.42. The zero-order chi connectivity index (χ0) is 13.3. The van der Waals surface area contributed by atoms with Gasteiger partial charge in [-0.25, -0.2) is 9.59 Å². The third kappa shape index (κ3) is 6.08. The monoisotopic (exact) mass is 248 g/mol. The van der Waals surface area contributed by atoms with Crippen LogP contribution >= 0.6 is 0 Å². The Kier molecular flexibility index (Phi) is 8.08. The van der Waals surface area contributed by atoms with Gasteiger partial charge in [0.1, 0.15) is 6.04 Å². The molecule has 0 bridgehead atoms. The standard InChI is InChI=1S/C10H20N2O5/c1-3-8(9(14)15)11-10(16)12(4-6-13)5-7-17-2/h8,13H,3-7H2,1-2H3,(H,11,16)(H,14,15)/t8-/m0/s1. The second kappa shape index (κ2) is 8.77. The van der Waals surface area contributed by atoms with Crippen molar-refractivity contribution in [2.45, 2.75) is 19.4 Å². The average molecular weight is 248 g/mol. The summed E-state index contributed by atoms with van der Waals surface area (Å²) in [7, 11) is 1.50. The fourth-order valence-electron chi connectivity index (χ4n) is 1.22. The Bertz CT molecular complexity index is 247. The minimum atomic E-state index is -1.07. The maximum atomic E-state index is 11.7. The first kappa shape index (κ1) is 15.7. The van der Waals surface area contributed by atoms with Gasteiger partial charge in [-0.15, -0.1) is 0 Å². The molecule has 0 saturated carbocycles. The van der Waals surface area contributed by atoms with Crippen molar-refractivity contribution in [3.63, 3.8) is 0 Å². The summed E-state index contributed by atoms with van der Waals surface area (Å²) in [5, 5.41) is 20.0. The minimum Gasteiger partial charge on any atom is -0.480 e. The molecule has 0 spiro atoms. The van der Waals surface area contributed by atoms with Gasteiger partial charge in [0.2, 0.25) is 0 Å². The summed E-state index contributed by atoms with van der Waals surface area (Å²) >= 11 is 0. The molecule has 0 aliphatic rings. The Balaban J connectivity index is 4.33. The Labute approximate surface area is 100 Å². The van der Waals surface area contributed by atoms with Gasteiger partial charge in [0.05, 0.1) is 13.2 Å². The average Bonchev–Trinajstić information content (AvgIpc) is 2.30. The van der Waals surface area contributed by atoms with Crippen molar-refractivity contribution >= 4 is 12.0 Å². The molecule has 0 aromatic carbocycles. The predicted molar refractivity (Wildman–Crippen MR) is 60.8 cm³/mol. The number of nitrogens with zero attached hydrogens (tertiary/aromatic N) is 1. The number of carbonyl (C=O) groups is 2. The number of hydrogen-bond donors (Lipinski definition) is 3. The second-order valence-corrected chi connectivity index (χ2v) is 3.45. The Morgan fingerprint density at radius 1 is 1.41 bits per heavy atom. The van der Waals surface area contributed by atoms with Gasteiger partial charge in [-0.1, -0.05) is 6.92 Å². The Morgan fingerprint density at radius 3 is 2.47 bits per heavy atom. The fraction of sp³-hybridized carbons (Fsp3) is 0.800. The number of methoxy groups -OCH3 is 1. The highest BCUT2D eigenvalue weighted by Crippen LogP contribution is 1.95. The van der Waals surface area contributed by atoms with E-state index in [2.05, 4.69) is 5.32 Å². The van der Waals surface area contributed by atoms with Crippen LogP contribution in [0.3, 0.4) is 0 Å². The summed E-state index contributed by atoms with van der Waals surface area (Å²) in [6.07, 6.45) is 0.304. The molecule has 0 aromatic rings. The Hall–Kier alpha value is -1.34. The van der Waals surface area contributed by atoms with E-state index < -0.39 is 18.0 Å². The molecule has 7 nitrogen and oxygen atoms in total. The molecular formula is C10H20N2O5. The number of aliphatic hydroxyl groups excluding tert-OH is 1. The van der Waals surface area contributed by atoms with Crippen molar-refractivity contribution in [3.05, 3.63) is 0 Å². The van der Waals surface area contributed by atoms with Crippen LogP contribution in [0.4, 0.5) is 4.79 Å². The van der Waals surface area contributed by atoms with Crippen molar-refractivity contribution in [1.82, 2.24) is 10.2 Å². The second-order valence-electron chi connectivity index (χ2n) is 3.45. The number of hydrogen-bond acceptors (Lipinski definition) is 4. The minimum absolute atomic E-state index is 0.144. The number of ether oxygens (including phenoxy) is 1. The molecule has 17 heavy (non-hydrogen) atoms. The first-order valence-electron chi connectivity index (χ1n) is 5.44. The maximum absolute atomic E-state index is 11.7. The topological polar surface area (TPSA) is 99.1 Å². The van der Waals surface area contributed by atoms with Gasteiger partial charge >= 0.3 is 12.0 Å². The van der Waals surface area contributed by atoms with Crippen molar-refractivity contribution in [2.75, 3.05) is 33.4 Å². The van der Waals surface area contributed by atoms with Crippen LogP contribution in [0.25, 0.3) is 0 Å². The molecule has 1 atom stereocenters. The molecule has 0 heterocycles. The summed E-state index contributed by atoms with van der Waals surface area (Å²) in [5.41, 5.74) is 0. The normalized spacial score (nSPS) is 11.9. The van der Waals surface area contributed by atoms with Gasteiger partial charge in [0.15, 0.2) is 0 Å². The van der Waals surface area contributed by atoms with E-state index in [-0.39, 0.29) is 13.2 Å². The summed E-state index contributed by atoms with van der Waals surface area (Å²) in [4.78, 5) is 23.8. The maximum Gasteiger partial charge on any atom is 0.326 e. The lowest BCUT2D eigenvalue weighted by atomic mass is 10.2. The van der Waals surface area contributed by atoms with Crippen LogP contribution < -0.4 is 5.32 Å². The van der Waals surface area contributed by atoms with E-state index in [9.17, 15) is 9.59 Å². The highest BCUT2D eigenvalue weighted by atomic mass is 16.5. The lowest BCUT2D eigenvalue weighted by molar-refractivity contribution is -0.139. The molecule has 0 aliphatic carbocycles. The van der Waals surface area contributed by atoms with E-state index in [0.29, 0.717) is 19.6 Å². The van der Waals surface area contributed by atoms with E-state index >= 15 is 0 Å². The molecule has 7 heteroatoms. The molecule has 0 radical (unpaired) electrons. The third-order valence-corrected chi connectivity index (χ3v) is 2.23. The fourth-order valence-corrected chi connectivity index (χ4v) is 1.22. The number of rotatable bonds is 8. The predicted octanol–water partition coefficient (Wildman–Crippen LogP) is -0.500. The van der Waals surface area contributed by atoms with Crippen LogP contribution in [-0.4, -0.2) is 66.6 Å². The number of nitrogens with one attached hydrogen (secondary N) is 1. The number of aliphatic carboxylic acids is 1. The third-order valence-electron chi connectivity index (χ3n) is 2.23. The van der Waals surface area contributed by atoms with Crippen molar-refractivity contribution in [3.8, 4) is 0 Å². The van der Waals surface area contributed by atoms with Gasteiger partial charge in [0, 0.05) is 20.2 Å². The van der Waals surface area contributed by atoms with Crippen LogP contribution in [0.2, 0.25) is 0 Å². The van der Waals surface area contributed by atoms with Crippen LogP contribution in [-0.2, 0) is 9.53 Å². The molecule has 0 saturated heterocycles. The van der Waals surface area contributed by atoms with Crippen LogP contribution in [0, 0.1) is 0 Å². The van der Waals surface area contributed by atoms with Gasteiger partial charge in [-0.2, -0.15) is 0 Å². The number of carbonyl (C=O) groups excluding carboxylic acids is 1. The van der Waals surface area contributed by atoms with E-state index in [0.717, 1.165) is 0 Å². The van der Waals surface area contributed by atoms with Crippen molar-refractivity contribution < 1.29 is 24.5 Å². The number of urea groups is 1. The van der Waals surface area contributed by atoms with Crippen LogP contribution in [0.5, 0.6) is 0 Å². The van der Waals surface area contributed by atoms with Crippen LogP contribution in [0.1, 0.15) is 13.3 Å². The zero-order valence-corrected chi connectivity index (χ0v) is 10.2. The quantitative estimate of drug-likeness (QED) is 0.538. The van der Waals surface area contributed by atoms with E-state index in [1.54, 1.807) is 6.92 Å². The summed E-state index contributed by atoms with van der Waals surface area (Å²) in [5.74, 6) is -1.07. The first-order chi connectivity index (χ1) is 8.06. The number of amides is 2. The zero-order valence-electron chi connectivity index (χ0n) is 10.2. The smallest absolute Gasteiger partial charge is 0.326 e. The largest absolute Gasteiger partial charge is 0.480 e. The first-order valence-corrected chi connectivity index (χ1v) is 5.44. The number of aliphatic hydroxyl groups is 1. The van der Waals surface area contributed by atoms with Gasteiger partial charge in [0.25, 0.3) is 0 Å². The Morgan fingerprint density at radius 2 is 2.06 bits per heavy atom. The highest BCUT2D eigenvalue weighted by molar-refractivity contribution is 5.82. The van der Waals surface area contributed by atoms with E-state index in [1.165, 1.54) is 12.0 Å².